The number of carbonyl (C=O) groups is 2. The van der Waals surface area contributed by atoms with Gasteiger partial charge < -0.3 is 24.0 Å². The Morgan fingerprint density at radius 3 is 2.03 bits per heavy atom. The first-order chi connectivity index (χ1) is 15.0. The van der Waals surface area contributed by atoms with E-state index in [1.54, 1.807) is 25.9 Å². The Hall–Kier alpha value is -3.13. The van der Waals surface area contributed by atoms with Crippen LogP contribution < -0.4 is 14.5 Å². The molecule has 3 rings (SSSR count). The van der Waals surface area contributed by atoms with E-state index >= 15 is 0 Å². The van der Waals surface area contributed by atoms with Crippen LogP contribution in [0.2, 0.25) is 0 Å². The maximum absolute atomic E-state index is 13.2. The van der Waals surface area contributed by atoms with Crippen molar-refractivity contribution in [2.75, 3.05) is 43.3 Å². The van der Waals surface area contributed by atoms with Crippen LogP contribution in [0, 0.1) is 5.41 Å². The average Bonchev–Trinajstić information content (AvgIpc) is 2.80. The smallest absolute Gasteiger partial charge is 0.332 e. The number of esters is 2. The van der Waals surface area contributed by atoms with Gasteiger partial charge in [-0.3, -0.25) is 9.59 Å². The molecule has 1 fully saturated rings. The second-order valence-corrected chi connectivity index (χ2v) is 7.34. The van der Waals surface area contributed by atoms with E-state index in [-0.39, 0.29) is 24.7 Å². The number of rotatable bonds is 7. The van der Waals surface area contributed by atoms with E-state index in [1.807, 2.05) is 59.5 Å². The van der Waals surface area contributed by atoms with Crippen LogP contribution in [0.25, 0.3) is 0 Å². The molecular weight excluding hydrogens is 416 g/mol. The standard InChI is InChI=1S/C23H26N2O5S/c1-4-29-21(26)23(22(27)30-5-2)15-24(17-11-13-19(28-3)14-12-17)16-25(20(23)31)18-9-7-6-8-10-18/h6-14H,4-5,15-16H2,1-3H3. The van der Waals surface area contributed by atoms with Crippen LogP contribution in [0.3, 0.4) is 0 Å². The van der Waals surface area contributed by atoms with Crippen LogP contribution in [-0.4, -0.2) is 50.5 Å². The molecule has 2 aromatic rings. The van der Waals surface area contributed by atoms with E-state index in [4.69, 9.17) is 26.4 Å². The molecule has 1 saturated heterocycles. The summed E-state index contributed by atoms with van der Waals surface area (Å²) in [7, 11) is 1.60. The van der Waals surface area contributed by atoms with E-state index in [0.717, 1.165) is 11.4 Å². The highest BCUT2D eigenvalue weighted by Crippen LogP contribution is 2.37. The number of hydrogen-bond acceptors (Lipinski definition) is 7. The molecule has 0 N–H and O–H groups in total. The number of anilines is 2. The fraction of sp³-hybridized carbons (Fsp3) is 0.348. The van der Waals surface area contributed by atoms with Crippen molar-refractivity contribution in [3.05, 3.63) is 54.6 Å². The van der Waals surface area contributed by atoms with E-state index in [0.29, 0.717) is 12.4 Å². The molecule has 1 aliphatic rings. The van der Waals surface area contributed by atoms with E-state index < -0.39 is 17.4 Å². The fourth-order valence-corrected chi connectivity index (χ4v) is 3.93. The van der Waals surface area contributed by atoms with Crippen LogP contribution >= 0.6 is 12.2 Å². The monoisotopic (exact) mass is 442 g/mol. The summed E-state index contributed by atoms with van der Waals surface area (Å²) in [5.41, 5.74) is -0.194. The maximum Gasteiger partial charge on any atom is 0.332 e. The maximum atomic E-state index is 13.2. The molecule has 1 heterocycles. The second-order valence-electron chi connectivity index (χ2n) is 6.95. The van der Waals surface area contributed by atoms with Crippen molar-refractivity contribution >= 4 is 40.5 Å². The van der Waals surface area contributed by atoms with Gasteiger partial charge in [-0.05, 0) is 50.2 Å². The van der Waals surface area contributed by atoms with Crippen LogP contribution in [0.4, 0.5) is 11.4 Å². The molecule has 0 amide bonds. The lowest BCUT2D eigenvalue weighted by atomic mass is 9.84. The lowest BCUT2D eigenvalue weighted by Crippen LogP contribution is -2.66. The van der Waals surface area contributed by atoms with Gasteiger partial charge in [-0.1, -0.05) is 30.4 Å². The van der Waals surface area contributed by atoms with Crippen LogP contribution in [-0.2, 0) is 19.1 Å². The molecular formula is C23H26N2O5S. The van der Waals surface area contributed by atoms with Crippen LogP contribution in [0.5, 0.6) is 5.75 Å². The van der Waals surface area contributed by atoms with Gasteiger partial charge in [0.2, 0.25) is 5.41 Å². The molecule has 8 heteroatoms. The summed E-state index contributed by atoms with van der Waals surface area (Å²) in [5.74, 6) is -0.714. The Balaban J connectivity index is 2.12. The number of methoxy groups -OCH3 is 1. The van der Waals surface area contributed by atoms with Gasteiger partial charge in [-0.2, -0.15) is 0 Å². The Morgan fingerprint density at radius 2 is 1.52 bits per heavy atom. The minimum absolute atomic E-state index is 0.0131. The number of benzene rings is 2. The Morgan fingerprint density at radius 1 is 0.935 bits per heavy atom. The third-order valence-electron chi connectivity index (χ3n) is 5.10. The Bertz CT molecular complexity index is 915. The van der Waals surface area contributed by atoms with Crippen molar-refractivity contribution in [3.63, 3.8) is 0 Å². The van der Waals surface area contributed by atoms with Gasteiger partial charge in [0.25, 0.3) is 0 Å². The highest BCUT2D eigenvalue weighted by Gasteiger charge is 2.58. The van der Waals surface area contributed by atoms with E-state index in [9.17, 15) is 9.59 Å². The van der Waals surface area contributed by atoms with Crippen molar-refractivity contribution in [1.29, 1.82) is 0 Å². The lowest BCUT2D eigenvalue weighted by Gasteiger charge is -2.46. The molecule has 0 radical (unpaired) electrons. The Kier molecular flexibility index (Phi) is 7.12. The number of hydrogen-bond donors (Lipinski definition) is 0. The summed E-state index contributed by atoms with van der Waals surface area (Å²) in [6.07, 6.45) is 0. The fourth-order valence-electron chi connectivity index (χ4n) is 3.54. The number of nitrogens with zero attached hydrogens (tertiary/aromatic N) is 2. The van der Waals surface area contributed by atoms with Crippen molar-refractivity contribution in [3.8, 4) is 5.75 Å². The molecule has 164 valence electrons. The molecule has 0 unspecified atom stereocenters. The van der Waals surface area contributed by atoms with Crippen LogP contribution in [0.1, 0.15) is 13.8 Å². The summed E-state index contributed by atoms with van der Waals surface area (Å²) in [6, 6.07) is 16.8. The predicted molar refractivity (Wildman–Crippen MR) is 122 cm³/mol. The zero-order valence-corrected chi connectivity index (χ0v) is 18.7. The number of ether oxygens (including phenoxy) is 3. The number of para-hydroxylation sites is 1. The SMILES string of the molecule is CCOC(=O)C1(C(=O)OCC)CN(c2ccc(OC)cc2)CN(c2ccccc2)C1=S. The Labute approximate surface area is 187 Å². The first-order valence-corrected chi connectivity index (χ1v) is 10.5. The third kappa shape index (κ3) is 4.34. The van der Waals surface area contributed by atoms with Gasteiger partial charge in [0.15, 0.2) is 0 Å². The summed E-state index contributed by atoms with van der Waals surface area (Å²) in [4.78, 5) is 30.3. The zero-order chi connectivity index (χ0) is 22.4. The molecule has 0 aromatic heterocycles. The summed E-state index contributed by atoms with van der Waals surface area (Å²) >= 11 is 5.74. The lowest BCUT2D eigenvalue weighted by molar-refractivity contribution is -0.165. The molecule has 2 aromatic carbocycles. The molecule has 31 heavy (non-hydrogen) atoms. The first kappa shape index (κ1) is 22.6. The first-order valence-electron chi connectivity index (χ1n) is 10.1. The predicted octanol–water partition coefficient (Wildman–Crippen LogP) is 3.42. The molecule has 0 spiro atoms. The van der Waals surface area contributed by atoms with E-state index in [1.165, 1.54) is 0 Å². The summed E-state index contributed by atoms with van der Waals surface area (Å²) < 4.78 is 15.9. The summed E-state index contributed by atoms with van der Waals surface area (Å²) in [5, 5.41) is 0. The third-order valence-corrected chi connectivity index (χ3v) is 5.67. The molecule has 0 bridgehead atoms. The molecule has 0 saturated carbocycles. The normalized spacial score (nSPS) is 15.4. The molecule has 0 atom stereocenters. The summed E-state index contributed by atoms with van der Waals surface area (Å²) in [6.45, 7) is 4.00. The van der Waals surface area contributed by atoms with Crippen molar-refractivity contribution in [2.24, 2.45) is 5.41 Å². The second kappa shape index (κ2) is 9.78. The minimum atomic E-state index is -1.77. The highest BCUT2D eigenvalue weighted by molar-refractivity contribution is 7.80. The van der Waals surface area contributed by atoms with Gasteiger partial charge in [-0.25, -0.2) is 0 Å². The largest absolute Gasteiger partial charge is 0.497 e. The van der Waals surface area contributed by atoms with Gasteiger partial charge in [0.1, 0.15) is 10.7 Å². The van der Waals surface area contributed by atoms with Gasteiger partial charge in [0.05, 0.1) is 33.5 Å². The van der Waals surface area contributed by atoms with Gasteiger partial charge in [-0.15, -0.1) is 0 Å². The quantitative estimate of drug-likeness (QED) is 0.367. The van der Waals surface area contributed by atoms with Crippen molar-refractivity contribution in [2.45, 2.75) is 13.8 Å². The van der Waals surface area contributed by atoms with Crippen molar-refractivity contribution in [1.82, 2.24) is 0 Å². The van der Waals surface area contributed by atoms with Crippen molar-refractivity contribution < 1.29 is 23.8 Å². The highest BCUT2D eigenvalue weighted by atomic mass is 32.1. The average molecular weight is 443 g/mol. The molecule has 7 nitrogen and oxygen atoms in total. The zero-order valence-electron chi connectivity index (χ0n) is 17.9. The molecule has 1 aliphatic heterocycles. The van der Waals surface area contributed by atoms with Crippen LogP contribution in [0.15, 0.2) is 54.6 Å². The minimum Gasteiger partial charge on any atom is -0.497 e. The number of carbonyl (C=O) groups excluding carboxylic acids is 2. The topological polar surface area (TPSA) is 68.3 Å². The van der Waals surface area contributed by atoms with Gasteiger partial charge >= 0.3 is 11.9 Å². The molecule has 0 aliphatic carbocycles. The number of thiocarbonyl (C=S) groups is 1. The van der Waals surface area contributed by atoms with E-state index in [2.05, 4.69) is 0 Å². The van der Waals surface area contributed by atoms with Gasteiger partial charge in [0, 0.05) is 11.4 Å².